The minimum absolute atomic E-state index is 0.0896. The topological polar surface area (TPSA) is 58.9 Å². The summed E-state index contributed by atoms with van der Waals surface area (Å²) in [7, 11) is 0. The fourth-order valence-corrected chi connectivity index (χ4v) is 2.54. The number of hydrogen-bond acceptors (Lipinski definition) is 4. The number of phenolic OH excluding ortho intramolecular Hbond substituents is 1. The predicted octanol–water partition coefficient (Wildman–Crippen LogP) is 4.38. The van der Waals surface area contributed by atoms with E-state index < -0.39 is 0 Å². The highest BCUT2D eigenvalue weighted by atomic mass is 16.3. The van der Waals surface area contributed by atoms with Crippen LogP contribution in [0.1, 0.15) is 0 Å². The van der Waals surface area contributed by atoms with E-state index in [-0.39, 0.29) is 5.75 Å². The Bertz CT molecular complexity index is 944. The molecule has 0 saturated heterocycles. The van der Waals surface area contributed by atoms with Crippen LogP contribution in [0.25, 0.3) is 34.2 Å². The first-order chi connectivity index (χ1) is 12.3. The van der Waals surface area contributed by atoms with Gasteiger partial charge in [-0.25, -0.2) is 15.0 Å². The molecule has 25 heavy (non-hydrogen) atoms. The van der Waals surface area contributed by atoms with E-state index in [4.69, 9.17) is 0 Å². The zero-order chi connectivity index (χ0) is 17.1. The number of aromatic hydroxyl groups is 1. The van der Waals surface area contributed by atoms with Crippen LogP contribution in [0.15, 0.2) is 78.9 Å². The van der Waals surface area contributed by atoms with Crippen LogP contribution in [0, 0.1) is 6.07 Å². The highest BCUT2D eigenvalue weighted by molar-refractivity contribution is 5.69. The average molecular weight is 324 g/mol. The number of rotatable bonds is 3. The summed E-state index contributed by atoms with van der Waals surface area (Å²) in [6, 6.07) is 27.3. The van der Waals surface area contributed by atoms with Crippen LogP contribution in [0.2, 0.25) is 0 Å². The average Bonchev–Trinajstić information content (AvgIpc) is 2.69. The lowest BCUT2D eigenvalue weighted by molar-refractivity contribution is 0.476. The maximum absolute atomic E-state index is 10.2. The van der Waals surface area contributed by atoms with Gasteiger partial charge in [-0.15, -0.1) is 0 Å². The molecule has 0 fully saturated rings. The monoisotopic (exact) mass is 324 g/mol. The van der Waals surface area contributed by atoms with Crippen molar-refractivity contribution < 1.29 is 5.11 Å². The molecular formula is C21H14N3O. The second-order valence-electron chi connectivity index (χ2n) is 5.48. The van der Waals surface area contributed by atoms with Crippen molar-refractivity contribution in [2.24, 2.45) is 0 Å². The summed E-state index contributed by atoms with van der Waals surface area (Å²) >= 11 is 0. The van der Waals surface area contributed by atoms with Crippen molar-refractivity contribution in [3.8, 4) is 39.9 Å². The Labute approximate surface area is 145 Å². The van der Waals surface area contributed by atoms with Gasteiger partial charge >= 0.3 is 0 Å². The molecule has 4 rings (SSSR count). The molecule has 0 aliphatic rings. The van der Waals surface area contributed by atoms with E-state index in [1.165, 1.54) is 6.07 Å². The van der Waals surface area contributed by atoms with Crippen molar-refractivity contribution in [1.29, 1.82) is 0 Å². The highest BCUT2D eigenvalue weighted by Gasteiger charge is 2.13. The minimum atomic E-state index is 0.0896. The Kier molecular flexibility index (Phi) is 3.92. The van der Waals surface area contributed by atoms with Gasteiger partial charge < -0.3 is 5.11 Å². The number of phenols is 1. The lowest BCUT2D eigenvalue weighted by Crippen LogP contribution is -2.00. The molecule has 0 aliphatic heterocycles. The summed E-state index contributed by atoms with van der Waals surface area (Å²) in [6.45, 7) is 0. The van der Waals surface area contributed by atoms with E-state index >= 15 is 0 Å². The van der Waals surface area contributed by atoms with Crippen LogP contribution in [0.3, 0.4) is 0 Å². The first-order valence-corrected chi connectivity index (χ1v) is 7.87. The van der Waals surface area contributed by atoms with Gasteiger partial charge in [-0.05, 0) is 18.2 Å². The molecule has 1 radical (unpaired) electrons. The number of hydrogen-bond donors (Lipinski definition) is 1. The van der Waals surface area contributed by atoms with E-state index in [1.54, 1.807) is 12.1 Å². The number of nitrogens with zero attached hydrogens (tertiary/aromatic N) is 3. The Morgan fingerprint density at radius 2 is 1.16 bits per heavy atom. The molecule has 0 amide bonds. The maximum Gasteiger partial charge on any atom is 0.167 e. The van der Waals surface area contributed by atoms with Crippen molar-refractivity contribution in [2.75, 3.05) is 0 Å². The third-order valence-corrected chi connectivity index (χ3v) is 3.78. The molecule has 4 heteroatoms. The summed E-state index contributed by atoms with van der Waals surface area (Å²) < 4.78 is 0. The molecular weight excluding hydrogens is 310 g/mol. The summed E-state index contributed by atoms with van der Waals surface area (Å²) in [5.41, 5.74) is 2.34. The molecule has 0 saturated carbocycles. The van der Waals surface area contributed by atoms with Crippen molar-refractivity contribution in [3.63, 3.8) is 0 Å². The van der Waals surface area contributed by atoms with E-state index in [9.17, 15) is 5.11 Å². The SMILES string of the molecule is Oc1c[c]ccc1-c1nc(-c2ccccc2)nc(-c2ccccc2)n1. The van der Waals surface area contributed by atoms with Gasteiger partial charge in [0.05, 0.1) is 5.56 Å². The van der Waals surface area contributed by atoms with E-state index in [2.05, 4.69) is 21.0 Å². The zero-order valence-corrected chi connectivity index (χ0v) is 13.3. The molecule has 0 spiro atoms. The lowest BCUT2D eigenvalue weighted by Gasteiger charge is -2.09. The van der Waals surface area contributed by atoms with Crippen LogP contribution in [0.4, 0.5) is 0 Å². The molecule has 3 aromatic carbocycles. The quantitative estimate of drug-likeness (QED) is 0.607. The summed E-state index contributed by atoms with van der Waals surface area (Å²) in [5.74, 6) is 1.65. The van der Waals surface area contributed by atoms with Gasteiger partial charge in [0, 0.05) is 11.1 Å². The fraction of sp³-hybridized carbons (Fsp3) is 0. The predicted molar refractivity (Wildman–Crippen MR) is 96.6 cm³/mol. The Morgan fingerprint density at radius 1 is 0.640 bits per heavy atom. The van der Waals surface area contributed by atoms with Crippen molar-refractivity contribution in [3.05, 3.63) is 84.9 Å². The molecule has 0 unspecified atom stereocenters. The van der Waals surface area contributed by atoms with Gasteiger partial charge in [-0.3, -0.25) is 0 Å². The van der Waals surface area contributed by atoms with Gasteiger partial charge in [-0.2, -0.15) is 0 Å². The number of aromatic nitrogens is 3. The van der Waals surface area contributed by atoms with Gasteiger partial charge in [0.2, 0.25) is 0 Å². The van der Waals surface area contributed by atoms with Gasteiger partial charge in [0.15, 0.2) is 17.5 Å². The maximum atomic E-state index is 10.2. The Hall–Kier alpha value is -3.53. The van der Waals surface area contributed by atoms with Gasteiger partial charge in [-0.1, -0.05) is 66.7 Å². The van der Waals surface area contributed by atoms with Crippen molar-refractivity contribution in [2.45, 2.75) is 0 Å². The largest absolute Gasteiger partial charge is 0.507 e. The zero-order valence-electron chi connectivity index (χ0n) is 13.3. The van der Waals surface area contributed by atoms with E-state index in [0.717, 1.165) is 11.1 Å². The minimum Gasteiger partial charge on any atom is -0.507 e. The Morgan fingerprint density at radius 3 is 1.68 bits per heavy atom. The van der Waals surface area contributed by atoms with E-state index in [0.29, 0.717) is 23.0 Å². The molecule has 1 N–H and O–H groups in total. The molecule has 4 aromatic rings. The van der Waals surface area contributed by atoms with Crippen molar-refractivity contribution in [1.82, 2.24) is 15.0 Å². The lowest BCUT2D eigenvalue weighted by atomic mass is 10.1. The summed E-state index contributed by atoms with van der Waals surface area (Å²) in [5, 5.41) is 10.2. The molecule has 0 atom stereocenters. The first-order valence-electron chi connectivity index (χ1n) is 7.87. The Balaban J connectivity index is 1.94. The van der Waals surface area contributed by atoms with Gasteiger partial charge in [0.1, 0.15) is 5.75 Å². The molecule has 0 bridgehead atoms. The fourth-order valence-electron chi connectivity index (χ4n) is 2.54. The molecule has 1 aromatic heterocycles. The van der Waals surface area contributed by atoms with Crippen LogP contribution in [0.5, 0.6) is 5.75 Å². The molecule has 4 nitrogen and oxygen atoms in total. The van der Waals surface area contributed by atoms with Crippen molar-refractivity contribution >= 4 is 0 Å². The second-order valence-corrected chi connectivity index (χ2v) is 5.48. The highest BCUT2D eigenvalue weighted by Crippen LogP contribution is 2.29. The molecule has 1 heterocycles. The first kappa shape index (κ1) is 15.0. The second kappa shape index (κ2) is 6.53. The van der Waals surface area contributed by atoms with Gasteiger partial charge in [0.25, 0.3) is 0 Å². The summed E-state index contributed by atoms with van der Waals surface area (Å²) in [6.07, 6.45) is 0. The van der Waals surface area contributed by atoms with Crippen LogP contribution >= 0.6 is 0 Å². The third-order valence-electron chi connectivity index (χ3n) is 3.78. The van der Waals surface area contributed by atoms with Crippen LogP contribution < -0.4 is 0 Å². The molecule has 119 valence electrons. The van der Waals surface area contributed by atoms with Crippen LogP contribution in [-0.4, -0.2) is 20.1 Å². The van der Waals surface area contributed by atoms with E-state index in [1.807, 2.05) is 60.7 Å². The normalized spacial score (nSPS) is 10.6. The standard InChI is InChI=1S/C21H14N3O/c25-18-14-8-7-13-17(18)21-23-19(15-9-3-1-4-10-15)22-20(24-21)16-11-5-2-6-12-16/h1-7,9-14,25H. The third kappa shape index (κ3) is 3.10. The number of benzene rings is 3. The summed E-state index contributed by atoms with van der Waals surface area (Å²) in [4.78, 5) is 13.7. The molecule has 0 aliphatic carbocycles. The smallest absolute Gasteiger partial charge is 0.167 e. The van der Waals surface area contributed by atoms with Crippen LogP contribution in [-0.2, 0) is 0 Å².